The third-order valence-electron chi connectivity index (χ3n) is 16.9. The van der Waals surface area contributed by atoms with Crippen molar-refractivity contribution in [1.82, 2.24) is 68.7 Å². The number of hydrogen-bond acceptors (Lipinski definition) is 23. The summed E-state index contributed by atoms with van der Waals surface area (Å²) >= 11 is 0. The third-order valence-corrected chi connectivity index (χ3v) is 16.9. The van der Waals surface area contributed by atoms with Gasteiger partial charge < -0.3 is 122 Å². The number of nitrogens with zero attached hydrogens (tertiary/aromatic N) is 1. The first kappa shape index (κ1) is 93.8. The average molecular weight is 1500 g/mol. The molecule has 0 unspecified atom stereocenters. The van der Waals surface area contributed by atoms with Crippen LogP contribution in [0.25, 0.3) is 0 Å². The summed E-state index contributed by atoms with van der Waals surface area (Å²) in [6.45, 7) is 11.3. The van der Waals surface area contributed by atoms with Crippen LogP contribution in [0, 0.1) is 23.7 Å². The lowest BCUT2D eigenvalue weighted by Crippen LogP contribution is -2.62. The number of aliphatic carboxylic acids is 4. The Kier molecular flexibility index (Phi) is 42.8. The number of aliphatic hydroxyl groups is 3. The van der Waals surface area contributed by atoms with E-state index in [4.69, 9.17) is 17.2 Å². The quantitative estimate of drug-likeness (QED) is 0.0252. The maximum Gasteiger partial charge on any atom is 0.325 e. The van der Waals surface area contributed by atoms with Gasteiger partial charge in [0.2, 0.25) is 76.8 Å². The van der Waals surface area contributed by atoms with Crippen LogP contribution >= 0.6 is 0 Å². The zero-order chi connectivity index (χ0) is 80.1. The summed E-state index contributed by atoms with van der Waals surface area (Å²) in [5.74, 6) is -21.9. The van der Waals surface area contributed by atoms with Crippen LogP contribution in [-0.2, 0) is 81.5 Å². The molecule has 40 heteroatoms. The molecule has 596 valence electrons. The van der Waals surface area contributed by atoms with Crippen LogP contribution in [0.2, 0.25) is 0 Å². The second-order valence-corrected chi connectivity index (χ2v) is 27.0. The smallest absolute Gasteiger partial charge is 0.325 e. The molecule has 0 radical (unpaired) electrons. The largest absolute Gasteiger partial charge is 0.481 e. The van der Waals surface area contributed by atoms with Crippen LogP contribution in [0.3, 0.4) is 0 Å². The van der Waals surface area contributed by atoms with Crippen molar-refractivity contribution in [3.63, 3.8) is 0 Å². The van der Waals surface area contributed by atoms with Crippen LogP contribution < -0.4 is 81.0 Å². The number of hydrogen-bond donors (Lipinski definition) is 22. The van der Waals surface area contributed by atoms with Crippen molar-refractivity contribution in [2.75, 3.05) is 39.5 Å². The summed E-state index contributed by atoms with van der Waals surface area (Å²) in [4.78, 5) is 228. The maximum atomic E-state index is 14.3. The molecular formula is C65H112N16O24. The van der Waals surface area contributed by atoms with Crippen LogP contribution in [0.1, 0.15) is 159 Å². The number of carbonyl (C=O) groups excluding carboxylic acids is 13. The Hall–Kier alpha value is -9.25. The molecule has 0 aromatic carbocycles. The molecular weight excluding hydrogens is 1390 g/mol. The molecule has 15 atom stereocenters. The molecule has 1 saturated heterocycles. The van der Waals surface area contributed by atoms with Crippen LogP contribution in [-0.4, -0.2) is 265 Å². The average Bonchev–Trinajstić information content (AvgIpc) is 1.79. The van der Waals surface area contributed by atoms with Crippen molar-refractivity contribution >= 4 is 101 Å². The number of carboxylic acids is 4. The fraction of sp³-hybridized carbons (Fsp3) is 0.738. The van der Waals surface area contributed by atoms with Crippen LogP contribution in [0.4, 0.5) is 0 Å². The van der Waals surface area contributed by atoms with Crippen LogP contribution in [0.5, 0.6) is 0 Å². The van der Waals surface area contributed by atoms with Crippen molar-refractivity contribution in [3.8, 4) is 0 Å². The molecule has 1 aliphatic rings. The highest BCUT2D eigenvalue weighted by molar-refractivity contribution is 6.01. The summed E-state index contributed by atoms with van der Waals surface area (Å²) in [7, 11) is 0. The summed E-state index contributed by atoms with van der Waals surface area (Å²) < 4.78 is 0. The topological polar surface area (TPSA) is 657 Å². The minimum Gasteiger partial charge on any atom is -0.481 e. The van der Waals surface area contributed by atoms with Gasteiger partial charge in [0, 0.05) is 13.0 Å². The monoisotopic (exact) mass is 1500 g/mol. The zero-order valence-electron chi connectivity index (χ0n) is 61.0. The second-order valence-electron chi connectivity index (χ2n) is 27.0. The summed E-state index contributed by atoms with van der Waals surface area (Å²) in [6.07, 6.45) is -2.65. The fourth-order valence-corrected chi connectivity index (χ4v) is 10.8. The highest BCUT2D eigenvalue weighted by Crippen LogP contribution is 2.21. The molecule has 0 spiro atoms. The van der Waals surface area contributed by atoms with E-state index in [1.807, 2.05) is 0 Å². The van der Waals surface area contributed by atoms with Gasteiger partial charge in [0.1, 0.15) is 84.6 Å². The Morgan fingerprint density at radius 1 is 0.419 bits per heavy atom. The molecule has 13 amide bonds. The van der Waals surface area contributed by atoms with Crippen LogP contribution in [0.15, 0.2) is 0 Å². The van der Waals surface area contributed by atoms with E-state index in [-0.39, 0.29) is 95.7 Å². The first-order chi connectivity index (χ1) is 49.2. The zero-order valence-corrected chi connectivity index (χ0v) is 61.0. The lowest BCUT2D eigenvalue weighted by Gasteiger charge is -2.30. The van der Waals surface area contributed by atoms with E-state index >= 15 is 0 Å². The normalized spacial score (nSPS) is 16.7. The molecule has 0 aliphatic carbocycles. The third kappa shape index (κ3) is 33.6. The first-order valence-corrected chi connectivity index (χ1v) is 35.0. The molecule has 1 aliphatic heterocycles. The van der Waals surface area contributed by atoms with Gasteiger partial charge in [0.15, 0.2) is 0 Å². The molecule has 0 saturated carbocycles. The molecule has 0 aromatic rings. The molecule has 1 fully saturated rings. The standard InChI is InChI=1S/C65H112N16O24/c1-10-34(8)51(63(102)75-40(24-31(2)3)56(95)69-35(9)65(104)105)80-55(94)39(19-20-47(85)86)72-53(92)37(16-11-13-21-66)71-59(98)44(29-83)78-62(101)50(33(6)7)79-60(99)45(30-84)77-61(100)46-18-15-23-81(46)64(103)43(27-49(89)90)76-58(97)42(26-48(87)88)74-54(93)38(17-12-14-22-67)70-57(96)41(25-32(4)5)73-52(91)36(68)28-82/h31-46,50-51,82-84H,10-30,66-68H2,1-9H3,(H,69,95)(H,70,96)(H,71,98)(H,72,92)(H,73,91)(H,74,93)(H,75,102)(H,76,97)(H,77,100)(H,78,101)(H,79,99)(H,80,94)(H,85,86)(H,87,88)(H,89,90)(H,104,105)/t34-,35-,36-,37-,38-,39-,40-,41-,42-,43-,44-,45-,46-,50-,51-/m0/s1. The molecule has 40 nitrogen and oxygen atoms in total. The Bertz CT molecular complexity index is 2980. The lowest BCUT2D eigenvalue weighted by atomic mass is 9.96. The van der Waals surface area contributed by atoms with Crippen molar-refractivity contribution in [2.45, 2.75) is 243 Å². The van der Waals surface area contributed by atoms with Gasteiger partial charge in [0.25, 0.3) is 0 Å². The van der Waals surface area contributed by atoms with E-state index in [0.29, 0.717) is 6.42 Å². The number of amides is 13. The number of aliphatic hydroxyl groups excluding tert-OH is 3. The van der Waals surface area contributed by atoms with Gasteiger partial charge in [-0.3, -0.25) is 81.5 Å². The molecule has 105 heavy (non-hydrogen) atoms. The summed E-state index contributed by atoms with van der Waals surface area (Å²) in [5.41, 5.74) is 17.0. The minimum atomic E-state index is -2.05. The highest BCUT2D eigenvalue weighted by atomic mass is 16.4. The van der Waals surface area contributed by atoms with E-state index in [1.165, 1.54) is 20.8 Å². The Morgan fingerprint density at radius 3 is 1.25 bits per heavy atom. The summed E-state index contributed by atoms with van der Waals surface area (Å²) in [5, 5.41) is 97.4. The minimum absolute atomic E-state index is 0.0261. The lowest BCUT2D eigenvalue weighted by molar-refractivity contribution is -0.147. The van der Waals surface area contributed by atoms with Crippen molar-refractivity contribution in [1.29, 1.82) is 0 Å². The Balaban J connectivity index is 3.48. The summed E-state index contributed by atoms with van der Waals surface area (Å²) in [6, 6.07) is -22.5. The first-order valence-electron chi connectivity index (χ1n) is 35.0. The number of carbonyl (C=O) groups is 17. The van der Waals surface area contributed by atoms with Gasteiger partial charge in [-0.05, 0) is 114 Å². The number of carboxylic acid groups (broad SMARTS) is 4. The predicted octanol–water partition coefficient (Wildman–Crippen LogP) is -6.93. The van der Waals surface area contributed by atoms with Gasteiger partial charge in [-0.1, -0.05) is 61.8 Å². The second kappa shape index (κ2) is 48.0. The number of nitrogens with one attached hydrogen (secondary N) is 12. The number of likely N-dealkylation sites (tertiary alicyclic amines) is 1. The van der Waals surface area contributed by atoms with E-state index in [0.717, 1.165) is 4.90 Å². The fourth-order valence-electron chi connectivity index (χ4n) is 10.8. The Morgan fingerprint density at radius 2 is 0.800 bits per heavy atom. The van der Waals surface area contributed by atoms with Crippen molar-refractivity contribution < 1.29 is 117 Å². The molecule has 1 heterocycles. The van der Waals surface area contributed by atoms with E-state index in [2.05, 4.69) is 63.8 Å². The highest BCUT2D eigenvalue weighted by Gasteiger charge is 2.43. The van der Waals surface area contributed by atoms with Gasteiger partial charge in [-0.25, -0.2) is 0 Å². The predicted molar refractivity (Wildman–Crippen MR) is 371 cm³/mol. The van der Waals surface area contributed by atoms with Gasteiger partial charge in [-0.2, -0.15) is 0 Å². The van der Waals surface area contributed by atoms with Crippen molar-refractivity contribution in [3.05, 3.63) is 0 Å². The van der Waals surface area contributed by atoms with Crippen molar-refractivity contribution in [2.24, 2.45) is 40.9 Å². The van der Waals surface area contributed by atoms with Gasteiger partial charge >= 0.3 is 23.9 Å². The van der Waals surface area contributed by atoms with Gasteiger partial charge in [-0.15, -0.1) is 0 Å². The number of rotatable bonds is 51. The molecule has 25 N–H and O–H groups in total. The SMILES string of the molecule is CC[C@H](C)[C@H](NC(=O)[C@H](CCC(=O)O)NC(=O)[C@H](CCCCN)NC(=O)[C@H](CO)NC(=O)[C@@H](NC(=O)[C@H](CO)NC(=O)[C@@H]1CCCN1C(=O)[C@H](CC(=O)O)NC(=O)[C@H](CC(=O)O)NC(=O)[C@H](CCCCN)NC(=O)[C@H](CC(C)C)NC(=O)[C@@H](N)CO)C(C)C)C(=O)N[C@@H](CC(C)C)C(=O)N[C@@H](C)C(=O)O. The molecule has 1 rings (SSSR count). The van der Waals surface area contributed by atoms with E-state index in [9.17, 15) is 117 Å². The number of unbranched alkanes of at least 4 members (excludes halogenated alkanes) is 2. The molecule has 0 bridgehead atoms. The van der Waals surface area contributed by atoms with E-state index < -0.39 is 243 Å². The van der Waals surface area contributed by atoms with Gasteiger partial charge in [0.05, 0.1) is 32.7 Å². The Labute approximate surface area is 608 Å². The van der Waals surface area contributed by atoms with E-state index in [1.54, 1.807) is 41.5 Å². The molecule has 0 aromatic heterocycles. The maximum absolute atomic E-state index is 14.3. The number of nitrogens with two attached hydrogens (primary N) is 3.